The van der Waals surface area contributed by atoms with Gasteiger partial charge in [0.15, 0.2) is 17.3 Å². The number of benzene rings is 2. The molecule has 0 unspecified atom stereocenters. The SMILES string of the molecule is Nc1ccc(C/C=C/c2ccc3c(c2)OCO3)c(C(=O)C2CC2)c1. The number of ketones is 1. The summed E-state index contributed by atoms with van der Waals surface area (Å²) >= 11 is 0. The molecule has 1 heterocycles. The maximum absolute atomic E-state index is 12.4. The van der Waals surface area contributed by atoms with Crippen LogP contribution in [-0.2, 0) is 6.42 Å². The topological polar surface area (TPSA) is 61.6 Å². The van der Waals surface area contributed by atoms with Crippen molar-refractivity contribution in [2.45, 2.75) is 19.3 Å². The molecule has 0 saturated heterocycles. The van der Waals surface area contributed by atoms with Crippen molar-refractivity contribution in [1.29, 1.82) is 0 Å². The van der Waals surface area contributed by atoms with Crippen molar-refractivity contribution in [3.63, 3.8) is 0 Å². The molecule has 2 N–H and O–H groups in total. The first-order valence-electron chi connectivity index (χ1n) is 8.19. The summed E-state index contributed by atoms with van der Waals surface area (Å²) in [5, 5.41) is 0. The number of fused-ring (bicyclic) bond motifs is 1. The molecule has 0 spiro atoms. The zero-order chi connectivity index (χ0) is 16.5. The molecule has 24 heavy (non-hydrogen) atoms. The smallest absolute Gasteiger partial charge is 0.231 e. The van der Waals surface area contributed by atoms with Gasteiger partial charge in [0, 0.05) is 17.2 Å². The van der Waals surface area contributed by atoms with Gasteiger partial charge in [-0.2, -0.15) is 0 Å². The second kappa shape index (κ2) is 6.04. The van der Waals surface area contributed by atoms with Crippen LogP contribution >= 0.6 is 0 Å². The van der Waals surface area contributed by atoms with Crippen molar-refractivity contribution in [3.8, 4) is 11.5 Å². The molecule has 1 aliphatic carbocycles. The fourth-order valence-corrected chi connectivity index (χ4v) is 2.91. The van der Waals surface area contributed by atoms with Crippen LogP contribution in [0.4, 0.5) is 5.69 Å². The normalized spacial score (nSPS) is 15.8. The van der Waals surface area contributed by atoms with Crippen molar-refractivity contribution in [1.82, 2.24) is 0 Å². The Labute approximate surface area is 140 Å². The van der Waals surface area contributed by atoms with Gasteiger partial charge in [-0.25, -0.2) is 0 Å². The molecule has 2 aliphatic rings. The van der Waals surface area contributed by atoms with Gasteiger partial charge in [-0.3, -0.25) is 4.79 Å². The molecule has 122 valence electrons. The zero-order valence-electron chi connectivity index (χ0n) is 13.3. The molecule has 1 aliphatic heterocycles. The van der Waals surface area contributed by atoms with Crippen LogP contribution in [-0.4, -0.2) is 12.6 Å². The Morgan fingerprint density at radius 3 is 2.79 bits per heavy atom. The van der Waals surface area contributed by atoms with Crippen LogP contribution in [0.2, 0.25) is 0 Å². The van der Waals surface area contributed by atoms with E-state index < -0.39 is 0 Å². The predicted octanol–water partition coefficient (Wildman–Crippen LogP) is 3.85. The average Bonchev–Trinajstić information content (AvgIpc) is 3.33. The number of hydrogen-bond donors (Lipinski definition) is 1. The van der Waals surface area contributed by atoms with E-state index in [0.29, 0.717) is 12.1 Å². The zero-order valence-corrected chi connectivity index (χ0v) is 13.3. The van der Waals surface area contributed by atoms with E-state index >= 15 is 0 Å². The van der Waals surface area contributed by atoms with Crippen LogP contribution in [0.3, 0.4) is 0 Å². The summed E-state index contributed by atoms with van der Waals surface area (Å²) in [4.78, 5) is 12.4. The second-order valence-corrected chi connectivity index (χ2v) is 6.27. The molecule has 1 fully saturated rings. The summed E-state index contributed by atoms with van der Waals surface area (Å²) in [6, 6.07) is 11.5. The highest BCUT2D eigenvalue weighted by Crippen LogP contribution is 2.34. The van der Waals surface area contributed by atoms with Gasteiger partial charge in [0.1, 0.15) is 0 Å². The number of nitrogens with two attached hydrogens (primary N) is 1. The maximum Gasteiger partial charge on any atom is 0.231 e. The van der Waals surface area contributed by atoms with E-state index in [1.165, 1.54) is 0 Å². The summed E-state index contributed by atoms with van der Waals surface area (Å²) in [7, 11) is 0. The first-order valence-corrected chi connectivity index (χ1v) is 8.19. The summed E-state index contributed by atoms with van der Waals surface area (Å²) in [6.07, 6.45) is 6.79. The molecule has 4 heteroatoms. The van der Waals surface area contributed by atoms with E-state index in [2.05, 4.69) is 6.08 Å². The lowest BCUT2D eigenvalue weighted by atomic mass is 9.97. The van der Waals surface area contributed by atoms with E-state index in [1.54, 1.807) is 0 Å². The molecule has 0 amide bonds. The minimum Gasteiger partial charge on any atom is -0.454 e. The monoisotopic (exact) mass is 321 g/mol. The summed E-state index contributed by atoms with van der Waals surface area (Å²) in [5.74, 6) is 1.98. The second-order valence-electron chi connectivity index (χ2n) is 6.27. The first-order chi connectivity index (χ1) is 11.7. The predicted molar refractivity (Wildman–Crippen MR) is 93.2 cm³/mol. The lowest BCUT2D eigenvalue weighted by molar-refractivity contribution is 0.0967. The Kier molecular flexibility index (Phi) is 3.73. The highest BCUT2D eigenvalue weighted by atomic mass is 16.7. The third-order valence-corrected chi connectivity index (χ3v) is 4.39. The molecule has 0 radical (unpaired) electrons. The maximum atomic E-state index is 12.4. The number of Topliss-reactive ketones (excluding diaryl/α,β-unsaturated/α-hetero) is 1. The first kappa shape index (κ1) is 14.8. The summed E-state index contributed by atoms with van der Waals surface area (Å²) in [5.41, 5.74) is 9.35. The number of carbonyl (C=O) groups is 1. The molecular formula is C20H19NO3. The van der Waals surface area contributed by atoms with Gasteiger partial charge >= 0.3 is 0 Å². The van der Waals surface area contributed by atoms with Crippen molar-refractivity contribution in [2.24, 2.45) is 5.92 Å². The molecule has 4 rings (SSSR count). The van der Waals surface area contributed by atoms with Gasteiger partial charge in [-0.15, -0.1) is 0 Å². The van der Waals surface area contributed by atoms with Crippen LogP contribution < -0.4 is 15.2 Å². The standard InChI is InChI=1S/C20H19NO3/c21-16-8-7-14(17(11-16)20(22)15-5-6-15)3-1-2-13-4-9-18-19(10-13)24-12-23-18/h1-2,4,7-11,15H,3,5-6,12,21H2/b2-1+. The van der Waals surface area contributed by atoms with Gasteiger partial charge in [0.2, 0.25) is 6.79 Å². The van der Waals surface area contributed by atoms with Gasteiger partial charge in [-0.05, 0) is 54.7 Å². The highest BCUT2D eigenvalue weighted by molar-refractivity contribution is 6.01. The molecule has 2 aromatic carbocycles. The summed E-state index contributed by atoms with van der Waals surface area (Å²) in [6.45, 7) is 0.278. The number of carbonyl (C=O) groups excluding carboxylic acids is 1. The van der Waals surface area contributed by atoms with E-state index in [4.69, 9.17) is 15.2 Å². The minimum atomic E-state index is 0.198. The molecule has 0 aromatic heterocycles. The molecule has 4 nitrogen and oxygen atoms in total. The van der Waals surface area contributed by atoms with Gasteiger partial charge in [-0.1, -0.05) is 24.3 Å². The fraction of sp³-hybridized carbons (Fsp3) is 0.250. The average molecular weight is 321 g/mol. The number of allylic oxidation sites excluding steroid dienone is 1. The van der Waals surface area contributed by atoms with Crippen LogP contribution in [0, 0.1) is 5.92 Å². The number of hydrogen-bond acceptors (Lipinski definition) is 4. The van der Waals surface area contributed by atoms with Crippen LogP contribution in [0.5, 0.6) is 11.5 Å². The summed E-state index contributed by atoms with van der Waals surface area (Å²) < 4.78 is 10.7. The number of nitrogen functional groups attached to an aromatic ring is 1. The Bertz CT molecular complexity index is 822. The van der Waals surface area contributed by atoms with Crippen LogP contribution in [0.1, 0.15) is 34.3 Å². The number of ether oxygens (including phenoxy) is 2. The van der Waals surface area contributed by atoms with Crippen molar-refractivity contribution < 1.29 is 14.3 Å². The van der Waals surface area contributed by atoms with E-state index in [0.717, 1.165) is 41.0 Å². The Hall–Kier alpha value is -2.75. The molecule has 2 aromatic rings. The van der Waals surface area contributed by atoms with E-state index in [9.17, 15) is 4.79 Å². The largest absolute Gasteiger partial charge is 0.454 e. The molecule has 1 saturated carbocycles. The van der Waals surface area contributed by atoms with Crippen molar-refractivity contribution >= 4 is 17.5 Å². The van der Waals surface area contributed by atoms with Crippen LogP contribution in [0.25, 0.3) is 6.08 Å². The molecule has 0 bridgehead atoms. The molecular weight excluding hydrogens is 302 g/mol. The minimum absolute atomic E-state index is 0.198. The Morgan fingerprint density at radius 2 is 1.96 bits per heavy atom. The molecule has 0 atom stereocenters. The van der Waals surface area contributed by atoms with E-state index in [1.807, 2.05) is 42.5 Å². The van der Waals surface area contributed by atoms with E-state index in [-0.39, 0.29) is 18.5 Å². The van der Waals surface area contributed by atoms with Crippen molar-refractivity contribution in [3.05, 3.63) is 59.2 Å². The van der Waals surface area contributed by atoms with Crippen LogP contribution in [0.15, 0.2) is 42.5 Å². The van der Waals surface area contributed by atoms with Gasteiger partial charge in [0.05, 0.1) is 0 Å². The van der Waals surface area contributed by atoms with Gasteiger partial charge < -0.3 is 15.2 Å². The lowest BCUT2D eigenvalue weighted by Gasteiger charge is -2.07. The fourth-order valence-electron chi connectivity index (χ4n) is 2.91. The third kappa shape index (κ3) is 3.00. The Balaban J connectivity index is 1.52. The third-order valence-electron chi connectivity index (χ3n) is 4.39. The highest BCUT2D eigenvalue weighted by Gasteiger charge is 2.31. The lowest BCUT2D eigenvalue weighted by Crippen LogP contribution is -2.06. The van der Waals surface area contributed by atoms with Gasteiger partial charge in [0.25, 0.3) is 0 Å². The quantitative estimate of drug-likeness (QED) is 0.671. The number of anilines is 1. The number of rotatable bonds is 5. The van der Waals surface area contributed by atoms with Crippen molar-refractivity contribution in [2.75, 3.05) is 12.5 Å². The Morgan fingerprint density at radius 1 is 1.12 bits per heavy atom.